The summed E-state index contributed by atoms with van der Waals surface area (Å²) >= 11 is 5.81. The Morgan fingerprint density at radius 3 is 2.65 bits per heavy atom. The first-order valence-corrected chi connectivity index (χ1v) is 6.25. The molecule has 0 aromatic heterocycles. The minimum Gasteiger partial charge on any atom is -0.340 e. The molecule has 1 aliphatic rings. The van der Waals surface area contributed by atoms with Crippen LogP contribution < -0.4 is 5.32 Å². The monoisotopic (exact) mass is 252 g/mol. The van der Waals surface area contributed by atoms with Gasteiger partial charge >= 0.3 is 0 Å². The molecule has 0 atom stereocenters. The van der Waals surface area contributed by atoms with Crippen molar-refractivity contribution in [3.8, 4) is 0 Å². The zero-order valence-electron chi connectivity index (χ0n) is 9.95. The molecule has 0 heterocycles. The zero-order valence-corrected chi connectivity index (χ0v) is 10.7. The minimum absolute atomic E-state index is 0.131. The van der Waals surface area contributed by atoms with Crippen LogP contribution in [0.25, 0.3) is 0 Å². The summed E-state index contributed by atoms with van der Waals surface area (Å²) < 4.78 is 0. The van der Waals surface area contributed by atoms with Crippen molar-refractivity contribution in [3.05, 3.63) is 34.9 Å². The van der Waals surface area contributed by atoms with Gasteiger partial charge < -0.3 is 10.2 Å². The van der Waals surface area contributed by atoms with E-state index in [1.165, 1.54) is 12.8 Å². The van der Waals surface area contributed by atoms with E-state index in [9.17, 15) is 4.79 Å². The highest BCUT2D eigenvalue weighted by Crippen LogP contribution is 2.18. The van der Waals surface area contributed by atoms with Gasteiger partial charge in [-0.15, -0.1) is 0 Å². The molecule has 3 nitrogen and oxygen atoms in total. The van der Waals surface area contributed by atoms with Gasteiger partial charge in [-0.3, -0.25) is 4.79 Å². The van der Waals surface area contributed by atoms with Gasteiger partial charge in [0.05, 0.1) is 6.54 Å². The molecule has 1 aromatic rings. The fraction of sp³-hybridized carbons (Fsp3) is 0.462. The molecular weight excluding hydrogens is 236 g/mol. The van der Waals surface area contributed by atoms with Crippen LogP contribution in [0.2, 0.25) is 5.02 Å². The molecule has 1 aliphatic carbocycles. The van der Waals surface area contributed by atoms with E-state index in [0.29, 0.717) is 19.1 Å². The molecule has 1 fully saturated rings. The molecular formula is C13H17ClN2O. The van der Waals surface area contributed by atoms with Gasteiger partial charge in [0.2, 0.25) is 5.91 Å². The molecule has 0 saturated heterocycles. The number of amides is 1. The summed E-state index contributed by atoms with van der Waals surface area (Å²) in [6.07, 6.45) is 2.41. The molecule has 0 radical (unpaired) electrons. The molecule has 1 saturated carbocycles. The van der Waals surface area contributed by atoms with E-state index in [-0.39, 0.29) is 5.91 Å². The molecule has 0 aliphatic heterocycles. The molecule has 0 unspecified atom stereocenters. The van der Waals surface area contributed by atoms with E-state index in [1.807, 2.05) is 31.3 Å². The van der Waals surface area contributed by atoms with E-state index >= 15 is 0 Å². The van der Waals surface area contributed by atoms with Crippen LogP contribution in [-0.2, 0) is 11.3 Å². The first-order chi connectivity index (χ1) is 8.15. The lowest BCUT2D eigenvalue weighted by Gasteiger charge is -2.17. The Morgan fingerprint density at radius 2 is 2.06 bits per heavy atom. The predicted molar refractivity (Wildman–Crippen MR) is 69.0 cm³/mol. The molecule has 0 bridgehead atoms. The van der Waals surface area contributed by atoms with Crippen LogP contribution in [0, 0.1) is 0 Å². The van der Waals surface area contributed by atoms with E-state index in [4.69, 9.17) is 11.6 Å². The molecule has 0 spiro atoms. The summed E-state index contributed by atoms with van der Waals surface area (Å²) in [5.74, 6) is 0.131. The summed E-state index contributed by atoms with van der Waals surface area (Å²) in [5, 5.41) is 3.94. The summed E-state index contributed by atoms with van der Waals surface area (Å²) in [6, 6.07) is 8.15. The lowest BCUT2D eigenvalue weighted by molar-refractivity contribution is -0.129. The topological polar surface area (TPSA) is 32.3 Å². The van der Waals surface area contributed by atoms with Crippen LogP contribution >= 0.6 is 11.6 Å². The van der Waals surface area contributed by atoms with Crippen molar-refractivity contribution in [2.75, 3.05) is 13.6 Å². The fourth-order valence-corrected chi connectivity index (χ4v) is 1.73. The highest BCUT2D eigenvalue weighted by molar-refractivity contribution is 6.30. The number of likely N-dealkylation sites (N-methyl/N-ethyl adjacent to an activating group) is 1. The Bertz CT molecular complexity index is 387. The van der Waals surface area contributed by atoms with Gasteiger partial charge in [-0.05, 0) is 30.5 Å². The number of benzene rings is 1. The second kappa shape index (κ2) is 5.52. The standard InChI is InChI=1S/C13H17ClN2O/c1-16(13(17)8-15-12-6-7-12)9-10-2-4-11(14)5-3-10/h2-5,12,15H,6-9H2,1H3. The van der Waals surface area contributed by atoms with E-state index < -0.39 is 0 Å². The van der Waals surface area contributed by atoms with Crippen molar-refractivity contribution >= 4 is 17.5 Å². The Labute approximate surface area is 107 Å². The number of carbonyl (C=O) groups is 1. The number of hydrogen-bond donors (Lipinski definition) is 1. The van der Waals surface area contributed by atoms with Crippen LogP contribution in [0.1, 0.15) is 18.4 Å². The van der Waals surface area contributed by atoms with Crippen LogP contribution in [0.4, 0.5) is 0 Å². The fourth-order valence-electron chi connectivity index (χ4n) is 1.61. The van der Waals surface area contributed by atoms with Gasteiger partial charge in [-0.1, -0.05) is 23.7 Å². The molecule has 1 amide bonds. The average molecular weight is 253 g/mol. The highest BCUT2D eigenvalue weighted by atomic mass is 35.5. The molecule has 2 rings (SSSR count). The maximum atomic E-state index is 11.8. The van der Waals surface area contributed by atoms with Gasteiger partial charge in [0.25, 0.3) is 0 Å². The SMILES string of the molecule is CN(Cc1ccc(Cl)cc1)C(=O)CNC1CC1. The molecule has 17 heavy (non-hydrogen) atoms. The highest BCUT2D eigenvalue weighted by Gasteiger charge is 2.21. The summed E-state index contributed by atoms with van der Waals surface area (Å²) in [7, 11) is 1.82. The molecule has 92 valence electrons. The third-order valence-corrected chi connectivity index (χ3v) is 3.13. The number of nitrogens with one attached hydrogen (secondary N) is 1. The van der Waals surface area contributed by atoms with Crippen molar-refractivity contribution in [2.45, 2.75) is 25.4 Å². The molecule has 1 aromatic carbocycles. The van der Waals surface area contributed by atoms with E-state index in [1.54, 1.807) is 4.90 Å². The molecule has 1 N–H and O–H groups in total. The quantitative estimate of drug-likeness (QED) is 0.870. The summed E-state index contributed by atoms with van der Waals surface area (Å²) in [5.41, 5.74) is 1.09. The first kappa shape index (κ1) is 12.4. The minimum atomic E-state index is 0.131. The Hall–Kier alpha value is -1.06. The van der Waals surface area contributed by atoms with Gasteiger partial charge in [0.15, 0.2) is 0 Å². The third kappa shape index (κ3) is 4.02. The largest absolute Gasteiger partial charge is 0.340 e. The molecule has 4 heteroatoms. The van der Waals surface area contributed by atoms with Gasteiger partial charge in [0.1, 0.15) is 0 Å². The van der Waals surface area contributed by atoms with Crippen LogP contribution in [-0.4, -0.2) is 30.4 Å². The summed E-state index contributed by atoms with van der Waals surface area (Å²) in [4.78, 5) is 13.5. The number of carbonyl (C=O) groups excluding carboxylic acids is 1. The number of hydrogen-bond acceptors (Lipinski definition) is 2. The Balaban J connectivity index is 1.80. The third-order valence-electron chi connectivity index (χ3n) is 2.88. The van der Waals surface area contributed by atoms with E-state index in [2.05, 4.69) is 5.32 Å². The van der Waals surface area contributed by atoms with Crippen LogP contribution in [0.15, 0.2) is 24.3 Å². The van der Waals surface area contributed by atoms with Gasteiger partial charge in [-0.25, -0.2) is 0 Å². The number of halogens is 1. The lowest BCUT2D eigenvalue weighted by Crippen LogP contribution is -2.35. The predicted octanol–water partition coefficient (Wildman–Crippen LogP) is 2.05. The smallest absolute Gasteiger partial charge is 0.236 e. The van der Waals surface area contributed by atoms with Crippen molar-refractivity contribution in [3.63, 3.8) is 0 Å². The van der Waals surface area contributed by atoms with E-state index in [0.717, 1.165) is 10.6 Å². The van der Waals surface area contributed by atoms with Crippen LogP contribution in [0.5, 0.6) is 0 Å². The van der Waals surface area contributed by atoms with Gasteiger partial charge in [0, 0.05) is 24.7 Å². The second-order valence-corrected chi connectivity index (χ2v) is 4.97. The Morgan fingerprint density at radius 1 is 1.41 bits per heavy atom. The lowest BCUT2D eigenvalue weighted by atomic mass is 10.2. The first-order valence-electron chi connectivity index (χ1n) is 5.87. The van der Waals surface area contributed by atoms with Crippen molar-refractivity contribution in [2.24, 2.45) is 0 Å². The number of rotatable bonds is 5. The maximum Gasteiger partial charge on any atom is 0.236 e. The zero-order chi connectivity index (χ0) is 12.3. The summed E-state index contributed by atoms with van der Waals surface area (Å²) in [6.45, 7) is 1.07. The van der Waals surface area contributed by atoms with Crippen LogP contribution in [0.3, 0.4) is 0 Å². The van der Waals surface area contributed by atoms with Gasteiger partial charge in [-0.2, -0.15) is 0 Å². The van der Waals surface area contributed by atoms with Crippen molar-refractivity contribution < 1.29 is 4.79 Å². The Kier molecular flexibility index (Phi) is 4.02. The average Bonchev–Trinajstić information content (AvgIpc) is 3.13. The van der Waals surface area contributed by atoms with Crippen molar-refractivity contribution in [1.29, 1.82) is 0 Å². The normalized spacial score (nSPS) is 14.7. The van der Waals surface area contributed by atoms with Crippen molar-refractivity contribution in [1.82, 2.24) is 10.2 Å². The second-order valence-electron chi connectivity index (χ2n) is 4.53. The number of nitrogens with zero attached hydrogens (tertiary/aromatic N) is 1. The maximum absolute atomic E-state index is 11.8.